The molecule has 3 aliphatic carbocycles. The van der Waals surface area contributed by atoms with E-state index in [-0.39, 0.29) is 5.41 Å². The van der Waals surface area contributed by atoms with Crippen LogP contribution in [0.1, 0.15) is 90.0 Å². The molecule has 162 valence electrons. The normalized spacial score (nSPS) is 35.1. The second-order valence-corrected chi connectivity index (χ2v) is 10.7. The first kappa shape index (κ1) is 21.7. The van der Waals surface area contributed by atoms with Crippen molar-refractivity contribution in [2.75, 3.05) is 0 Å². The molecule has 30 heavy (non-hydrogen) atoms. The molecule has 0 N–H and O–H groups in total. The Labute approximate surface area is 185 Å². The van der Waals surface area contributed by atoms with Gasteiger partial charge in [0, 0.05) is 11.3 Å². The van der Waals surface area contributed by atoms with Gasteiger partial charge in [-0.3, -0.25) is 0 Å². The van der Waals surface area contributed by atoms with Crippen LogP contribution >= 0.6 is 0 Å². The third-order valence-corrected chi connectivity index (χ3v) is 8.54. The summed E-state index contributed by atoms with van der Waals surface area (Å²) in [6, 6.07) is 11.0. The molecule has 4 rings (SSSR count). The van der Waals surface area contributed by atoms with Crippen molar-refractivity contribution >= 4 is 0 Å². The van der Waals surface area contributed by atoms with E-state index in [0.29, 0.717) is 5.92 Å². The van der Waals surface area contributed by atoms with Crippen LogP contribution < -0.4 is 0 Å². The summed E-state index contributed by atoms with van der Waals surface area (Å²) in [6.07, 6.45) is 25.3. The minimum absolute atomic E-state index is 0.187. The van der Waals surface area contributed by atoms with Crippen LogP contribution in [0.5, 0.6) is 0 Å². The Bertz CT molecular complexity index is 742. The van der Waals surface area contributed by atoms with E-state index in [2.05, 4.69) is 81.5 Å². The van der Waals surface area contributed by atoms with Gasteiger partial charge in [0.15, 0.2) is 0 Å². The molecule has 0 heteroatoms. The van der Waals surface area contributed by atoms with Crippen LogP contribution in [-0.4, -0.2) is 0 Å². The van der Waals surface area contributed by atoms with E-state index in [9.17, 15) is 0 Å². The summed E-state index contributed by atoms with van der Waals surface area (Å²) in [6.45, 7) is 7.22. The highest BCUT2D eigenvalue weighted by molar-refractivity contribution is 5.41. The molecule has 0 saturated heterocycles. The van der Waals surface area contributed by atoms with Crippen molar-refractivity contribution in [3.63, 3.8) is 0 Å². The number of benzene rings is 1. The molecule has 0 heterocycles. The third kappa shape index (κ3) is 4.68. The molecule has 1 fully saturated rings. The SMILES string of the molecule is CCC(C)CC1CC=C(C2(C3CCC(C)CC3)C=CC(c3ccccc3)C=C2)CC1. The molecule has 0 aromatic heterocycles. The van der Waals surface area contributed by atoms with Crippen LogP contribution in [0.2, 0.25) is 0 Å². The zero-order chi connectivity index (χ0) is 21.0. The second kappa shape index (κ2) is 9.71. The Hall–Kier alpha value is -1.56. The average molecular weight is 403 g/mol. The standard InChI is InChI=1S/C30H42/c1-4-23(2)22-25-12-16-29(17-13-25)30(28-14-10-24(3)11-15-28)20-18-27(19-21-30)26-8-6-5-7-9-26/h5-9,16,18-21,23-25,27-28H,4,10-15,17,22H2,1-3H3. The minimum Gasteiger partial charge on any atom is -0.0839 e. The first-order chi connectivity index (χ1) is 14.6. The van der Waals surface area contributed by atoms with Gasteiger partial charge in [0.25, 0.3) is 0 Å². The van der Waals surface area contributed by atoms with Crippen LogP contribution in [0.15, 0.2) is 66.3 Å². The molecule has 2 atom stereocenters. The molecule has 2 unspecified atom stereocenters. The molecule has 0 radical (unpaired) electrons. The Balaban J connectivity index is 1.56. The lowest BCUT2D eigenvalue weighted by molar-refractivity contribution is 0.204. The van der Waals surface area contributed by atoms with Crippen molar-refractivity contribution in [2.24, 2.45) is 29.1 Å². The maximum Gasteiger partial charge on any atom is 0.0300 e. The zero-order valence-electron chi connectivity index (χ0n) is 19.5. The number of allylic oxidation sites excluding steroid dienone is 6. The Morgan fingerprint density at radius 3 is 2.27 bits per heavy atom. The van der Waals surface area contributed by atoms with Crippen molar-refractivity contribution in [3.8, 4) is 0 Å². The number of rotatable bonds is 6. The maximum atomic E-state index is 2.67. The molecule has 1 aromatic carbocycles. The van der Waals surface area contributed by atoms with E-state index in [1.54, 1.807) is 5.57 Å². The van der Waals surface area contributed by atoms with Crippen LogP contribution in [-0.2, 0) is 0 Å². The maximum absolute atomic E-state index is 2.67. The summed E-state index contributed by atoms with van der Waals surface area (Å²) in [7, 11) is 0. The van der Waals surface area contributed by atoms with E-state index >= 15 is 0 Å². The predicted octanol–water partition coefficient (Wildman–Crippen LogP) is 8.87. The molecule has 0 amide bonds. The molecule has 1 aromatic rings. The fourth-order valence-electron chi connectivity index (χ4n) is 6.26. The van der Waals surface area contributed by atoms with E-state index in [1.807, 2.05) is 0 Å². The van der Waals surface area contributed by atoms with Gasteiger partial charge in [-0.15, -0.1) is 0 Å². The molecule has 3 aliphatic rings. The van der Waals surface area contributed by atoms with Crippen molar-refractivity contribution in [1.82, 2.24) is 0 Å². The Morgan fingerprint density at radius 1 is 0.967 bits per heavy atom. The van der Waals surface area contributed by atoms with Gasteiger partial charge < -0.3 is 0 Å². The quantitative estimate of drug-likeness (QED) is 0.417. The Kier molecular flexibility index (Phi) is 7.01. The van der Waals surface area contributed by atoms with Crippen molar-refractivity contribution in [1.29, 1.82) is 0 Å². The van der Waals surface area contributed by atoms with Gasteiger partial charge in [0.2, 0.25) is 0 Å². The predicted molar refractivity (Wildman–Crippen MR) is 131 cm³/mol. The summed E-state index contributed by atoms with van der Waals surface area (Å²) < 4.78 is 0. The molecular weight excluding hydrogens is 360 g/mol. The van der Waals surface area contributed by atoms with Crippen LogP contribution in [0.4, 0.5) is 0 Å². The molecule has 0 aliphatic heterocycles. The fourth-order valence-corrected chi connectivity index (χ4v) is 6.26. The smallest absolute Gasteiger partial charge is 0.0300 e. The highest BCUT2D eigenvalue weighted by Gasteiger charge is 2.41. The minimum atomic E-state index is 0.187. The van der Waals surface area contributed by atoms with Crippen molar-refractivity contribution in [2.45, 2.75) is 84.5 Å². The first-order valence-electron chi connectivity index (χ1n) is 12.7. The zero-order valence-corrected chi connectivity index (χ0v) is 19.5. The largest absolute Gasteiger partial charge is 0.0839 e. The fraction of sp³-hybridized carbons (Fsp3) is 0.600. The average Bonchev–Trinajstić information content (AvgIpc) is 2.80. The highest BCUT2D eigenvalue weighted by atomic mass is 14.4. The van der Waals surface area contributed by atoms with Crippen LogP contribution in [0.25, 0.3) is 0 Å². The number of hydrogen-bond acceptors (Lipinski definition) is 0. The first-order valence-corrected chi connectivity index (χ1v) is 12.7. The third-order valence-electron chi connectivity index (χ3n) is 8.54. The van der Waals surface area contributed by atoms with Gasteiger partial charge in [-0.25, -0.2) is 0 Å². The summed E-state index contributed by atoms with van der Waals surface area (Å²) >= 11 is 0. The molecular formula is C30H42. The van der Waals surface area contributed by atoms with Gasteiger partial charge in [-0.2, -0.15) is 0 Å². The molecule has 0 nitrogen and oxygen atoms in total. The van der Waals surface area contributed by atoms with E-state index in [1.165, 1.54) is 63.4 Å². The Morgan fingerprint density at radius 2 is 1.67 bits per heavy atom. The monoisotopic (exact) mass is 402 g/mol. The lowest BCUT2D eigenvalue weighted by Gasteiger charge is -2.45. The van der Waals surface area contributed by atoms with Crippen molar-refractivity contribution < 1.29 is 0 Å². The molecule has 1 saturated carbocycles. The summed E-state index contributed by atoms with van der Waals surface area (Å²) in [5, 5.41) is 0. The van der Waals surface area contributed by atoms with E-state index in [0.717, 1.165) is 23.7 Å². The van der Waals surface area contributed by atoms with Gasteiger partial charge in [0.1, 0.15) is 0 Å². The topological polar surface area (TPSA) is 0 Å². The van der Waals surface area contributed by atoms with Crippen molar-refractivity contribution in [3.05, 3.63) is 71.8 Å². The lowest BCUT2D eigenvalue weighted by Crippen LogP contribution is -2.34. The molecule has 0 bridgehead atoms. The van der Waals surface area contributed by atoms with Gasteiger partial charge >= 0.3 is 0 Å². The van der Waals surface area contributed by atoms with Crippen LogP contribution in [0.3, 0.4) is 0 Å². The van der Waals surface area contributed by atoms with Gasteiger partial charge in [-0.1, -0.05) is 106 Å². The highest BCUT2D eigenvalue weighted by Crippen LogP contribution is 2.52. The van der Waals surface area contributed by atoms with E-state index < -0.39 is 0 Å². The number of hydrogen-bond donors (Lipinski definition) is 0. The summed E-state index contributed by atoms with van der Waals surface area (Å²) in [5.74, 6) is 3.91. The van der Waals surface area contributed by atoms with E-state index in [4.69, 9.17) is 0 Å². The lowest BCUT2D eigenvalue weighted by atomic mass is 9.59. The van der Waals surface area contributed by atoms with Crippen LogP contribution in [0, 0.1) is 29.1 Å². The summed E-state index contributed by atoms with van der Waals surface area (Å²) in [4.78, 5) is 0. The second-order valence-electron chi connectivity index (χ2n) is 10.7. The van der Waals surface area contributed by atoms with Gasteiger partial charge in [0.05, 0.1) is 0 Å². The van der Waals surface area contributed by atoms with Gasteiger partial charge in [-0.05, 0) is 67.8 Å². The summed E-state index contributed by atoms with van der Waals surface area (Å²) in [5.41, 5.74) is 3.34. The molecule has 0 spiro atoms.